The topological polar surface area (TPSA) is 54.3 Å². The fourth-order valence-electron chi connectivity index (χ4n) is 3.94. The molecule has 146 valence electrons. The minimum atomic E-state index is 0.0989. The summed E-state index contributed by atoms with van der Waals surface area (Å²) in [5.41, 5.74) is 1.65. The van der Waals surface area contributed by atoms with Gasteiger partial charge in [0.05, 0.1) is 5.52 Å². The highest BCUT2D eigenvalue weighted by molar-refractivity contribution is 5.98. The van der Waals surface area contributed by atoms with Crippen LogP contribution in [0.2, 0.25) is 0 Å². The molecular formula is C22H27N5O. The van der Waals surface area contributed by atoms with Crippen molar-refractivity contribution >= 4 is 16.8 Å². The number of piperidine rings is 1. The van der Waals surface area contributed by atoms with E-state index in [1.165, 1.54) is 0 Å². The fourth-order valence-corrected chi connectivity index (χ4v) is 3.94. The molecule has 2 aromatic heterocycles. The number of likely N-dealkylation sites (N-methyl/N-ethyl adjacent to an activating group) is 1. The first-order valence-electron chi connectivity index (χ1n) is 9.91. The Balaban J connectivity index is 1.50. The van der Waals surface area contributed by atoms with Gasteiger partial charge in [-0.1, -0.05) is 6.07 Å². The van der Waals surface area contributed by atoms with E-state index in [-0.39, 0.29) is 11.8 Å². The van der Waals surface area contributed by atoms with Crippen LogP contribution in [0.3, 0.4) is 0 Å². The maximum Gasteiger partial charge on any atom is 0.253 e. The lowest BCUT2D eigenvalue weighted by atomic mass is 9.96. The van der Waals surface area contributed by atoms with E-state index >= 15 is 0 Å². The van der Waals surface area contributed by atoms with Crippen molar-refractivity contribution in [2.45, 2.75) is 25.3 Å². The van der Waals surface area contributed by atoms with Crippen molar-refractivity contribution in [2.75, 3.05) is 33.7 Å². The van der Waals surface area contributed by atoms with E-state index in [1.807, 2.05) is 41.4 Å². The molecule has 6 heteroatoms. The summed E-state index contributed by atoms with van der Waals surface area (Å²) in [5, 5.41) is 1.00. The molecule has 0 aliphatic carbocycles. The molecule has 3 heterocycles. The lowest BCUT2D eigenvalue weighted by Gasteiger charge is -2.33. The van der Waals surface area contributed by atoms with Gasteiger partial charge < -0.3 is 14.4 Å². The molecule has 4 rings (SSSR count). The molecule has 1 amide bonds. The molecule has 0 saturated carbocycles. The van der Waals surface area contributed by atoms with Crippen LogP contribution >= 0.6 is 0 Å². The van der Waals surface area contributed by atoms with Gasteiger partial charge in [-0.25, -0.2) is 4.98 Å². The zero-order chi connectivity index (χ0) is 19.5. The molecule has 0 spiro atoms. The molecule has 1 fully saturated rings. The summed E-state index contributed by atoms with van der Waals surface area (Å²) in [6, 6.07) is 9.67. The summed E-state index contributed by atoms with van der Waals surface area (Å²) in [6.07, 6.45) is 7.78. The predicted octanol–water partition coefficient (Wildman–Crippen LogP) is 3.01. The summed E-state index contributed by atoms with van der Waals surface area (Å²) < 4.78 is 2.24. The van der Waals surface area contributed by atoms with E-state index in [1.54, 1.807) is 6.20 Å². The van der Waals surface area contributed by atoms with Crippen LogP contribution in [-0.2, 0) is 6.54 Å². The maximum atomic E-state index is 13.1. The lowest BCUT2D eigenvalue weighted by molar-refractivity contribution is 0.0703. The number of benzene rings is 1. The highest BCUT2D eigenvalue weighted by atomic mass is 16.2. The Hall–Kier alpha value is -2.73. The number of imidazole rings is 1. The molecule has 28 heavy (non-hydrogen) atoms. The smallest absolute Gasteiger partial charge is 0.253 e. The Bertz CT molecular complexity index is 964. The first-order valence-corrected chi connectivity index (χ1v) is 9.91. The van der Waals surface area contributed by atoms with E-state index in [0.717, 1.165) is 61.3 Å². The molecule has 0 radical (unpaired) electrons. The number of rotatable bonds is 5. The molecule has 0 N–H and O–H groups in total. The summed E-state index contributed by atoms with van der Waals surface area (Å²) in [5.74, 6) is 1.49. The quantitative estimate of drug-likeness (QED) is 0.686. The van der Waals surface area contributed by atoms with Gasteiger partial charge >= 0.3 is 0 Å². The number of hydrogen-bond acceptors (Lipinski definition) is 4. The number of hydrogen-bond donors (Lipinski definition) is 0. The molecule has 1 atom stereocenters. The van der Waals surface area contributed by atoms with E-state index in [2.05, 4.69) is 39.7 Å². The third-order valence-corrected chi connectivity index (χ3v) is 5.46. The first kappa shape index (κ1) is 18.6. The Morgan fingerprint density at radius 2 is 2.11 bits per heavy atom. The van der Waals surface area contributed by atoms with Crippen LogP contribution in [0.25, 0.3) is 10.9 Å². The third kappa shape index (κ3) is 3.92. The molecule has 1 aliphatic heterocycles. The van der Waals surface area contributed by atoms with E-state index in [9.17, 15) is 4.79 Å². The fraction of sp³-hybridized carbons (Fsp3) is 0.409. The van der Waals surface area contributed by atoms with E-state index in [0.29, 0.717) is 0 Å². The van der Waals surface area contributed by atoms with Gasteiger partial charge in [0.2, 0.25) is 0 Å². The minimum absolute atomic E-state index is 0.0989. The van der Waals surface area contributed by atoms with Crippen LogP contribution in [0.5, 0.6) is 0 Å². The Morgan fingerprint density at radius 1 is 1.21 bits per heavy atom. The molecule has 1 saturated heterocycles. The van der Waals surface area contributed by atoms with Gasteiger partial charge in [0.1, 0.15) is 5.82 Å². The van der Waals surface area contributed by atoms with Gasteiger partial charge in [0, 0.05) is 61.6 Å². The minimum Gasteiger partial charge on any atom is -0.338 e. The number of carbonyl (C=O) groups excluding carboxylic acids is 1. The predicted molar refractivity (Wildman–Crippen MR) is 110 cm³/mol. The largest absolute Gasteiger partial charge is 0.338 e. The van der Waals surface area contributed by atoms with Crippen molar-refractivity contribution in [3.8, 4) is 0 Å². The number of likely N-dealkylation sites (tertiary alicyclic amines) is 1. The molecular weight excluding hydrogens is 350 g/mol. The molecule has 1 unspecified atom stereocenters. The summed E-state index contributed by atoms with van der Waals surface area (Å²) in [6.45, 7) is 3.43. The normalized spacial score (nSPS) is 17.4. The Morgan fingerprint density at radius 3 is 2.96 bits per heavy atom. The second-order valence-electron chi connectivity index (χ2n) is 7.78. The third-order valence-electron chi connectivity index (χ3n) is 5.46. The van der Waals surface area contributed by atoms with E-state index < -0.39 is 0 Å². The van der Waals surface area contributed by atoms with Gasteiger partial charge in [0.25, 0.3) is 5.91 Å². The monoisotopic (exact) mass is 377 g/mol. The van der Waals surface area contributed by atoms with Crippen LogP contribution in [0, 0.1) is 0 Å². The molecule has 3 aromatic rings. The van der Waals surface area contributed by atoms with Gasteiger partial charge in [-0.15, -0.1) is 0 Å². The number of amides is 1. The van der Waals surface area contributed by atoms with Crippen molar-refractivity contribution in [2.24, 2.45) is 0 Å². The molecule has 1 aromatic carbocycles. The summed E-state index contributed by atoms with van der Waals surface area (Å²) in [7, 11) is 4.16. The standard InChI is InChI=1S/C22H27N5O/c1-25(2)13-14-26-12-10-24-21(26)19-6-4-11-27(16-19)22(28)18-7-8-20-17(15-18)5-3-9-23-20/h3,5,7-10,12,15,19H,4,6,11,13-14,16H2,1-2H3. The van der Waals surface area contributed by atoms with Crippen LogP contribution in [-0.4, -0.2) is 64.0 Å². The number of pyridine rings is 1. The second kappa shape index (κ2) is 8.10. The van der Waals surface area contributed by atoms with Gasteiger partial charge in [-0.2, -0.15) is 0 Å². The second-order valence-corrected chi connectivity index (χ2v) is 7.78. The Kier molecular flexibility index (Phi) is 5.39. The number of nitrogens with zero attached hydrogens (tertiary/aromatic N) is 5. The van der Waals surface area contributed by atoms with Crippen molar-refractivity contribution in [1.29, 1.82) is 0 Å². The number of carbonyl (C=O) groups is 1. The lowest BCUT2D eigenvalue weighted by Crippen LogP contribution is -2.39. The van der Waals surface area contributed by atoms with Crippen molar-refractivity contribution < 1.29 is 4.79 Å². The first-order chi connectivity index (χ1) is 13.6. The Labute approximate surface area is 165 Å². The van der Waals surface area contributed by atoms with Crippen LogP contribution in [0.1, 0.15) is 34.9 Å². The van der Waals surface area contributed by atoms with Crippen molar-refractivity contribution in [1.82, 2.24) is 24.3 Å². The molecule has 1 aliphatic rings. The van der Waals surface area contributed by atoms with Crippen molar-refractivity contribution in [3.05, 3.63) is 60.3 Å². The maximum absolute atomic E-state index is 13.1. The average Bonchev–Trinajstić information content (AvgIpc) is 3.20. The molecule has 0 bridgehead atoms. The zero-order valence-corrected chi connectivity index (χ0v) is 16.6. The average molecular weight is 377 g/mol. The summed E-state index contributed by atoms with van der Waals surface area (Å²) >= 11 is 0. The zero-order valence-electron chi connectivity index (χ0n) is 16.6. The van der Waals surface area contributed by atoms with Crippen LogP contribution < -0.4 is 0 Å². The highest BCUT2D eigenvalue weighted by Gasteiger charge is 2.28. The SMILES string of the molecule is CN(C)CCn1ccnc1C1CCCN(C(=O)c2ccc3ncccc3c2)C1. The highest BCUT2D eigenvalue weighted by Crippen LogP contribution is 2.27. The van der Waals surface area contributed by atoms with Crippen LogP contribution in [0.15, 0.2) is 48.9 Å². The van der Waals surface area contributed by atoms with E-state index in [4.69, 9.17) is 0 Å². The van der Waals surface area contributed by atoms with Gasteiger partial charge in [-0.05, 0) is 51.2 Å². The number of aromatic nitrogens is 3. The number of fused-ring (bicyclic) bond motifs is 1. The van der Waals surface area contributed by atoms with Crippen LogP contribution in [0.4, 0.5) is 0 Å². The van der Waals surface area contributed by atoms with Gasteiger partial charge in [0.15, 0.2) is 0 Å². The van der Waals surface area contributed by atoms with Gasteiger partial charge in [-0.3, -0.25) is 9.78 Å². The van der Waals surface area contributed by atoms with Crippen molar-refractivity contribution in [3.63, 3.8) is 0 Å². The summed E-state index contributed by atoms with van der Waals surface area (Å²) in [4.78, 5) is 26.3. The molecule has 6 nitrogen and oxygen atoms in total.